The summed E-state index contributed by atoms with van der Waals surface area (Å²) in [6.45, 7) is 3.21. The van der Waals surface area contributed by atoms with Gasteiger partial charge in [0.15, 0.2) is 0 Å². The second kappa shape index (κ2) is 12.8. The average Bonchev–Trinajstić information content (AvgIpc) is 3.35. The van der Waals surface area contributed by atoms with E-state index in [1.165, 1.54) is 11.8 Å². The largest absolute Gasteiger partial charge is 0.450 e. The maximum atomic E-state index is 11.7. The van der Waals surface area contributed by atoms with E-state index in [2.05, 4.69) is 30.9 Å². The Morgan fingerprint density at radius 1 is 1.43 bits per heavy atom. The van der Waals surface area contributed by atoms with Crippen LogP contribution in [0.2, 0.25) is 0 Å². The summed E-state index contributed by atoms with van der Waals surface area (Å²) in [6.07, 6.45) is 4.56. The van der Waals surface area contributed by atoms with E-state index in [9.17, 15) is 4.79 Å². The van der Waals surface area contributed by atoms with Crippen LogP contribution >= 0.6 is 23.5 Å². The predicted octanol–water partition coefficient (Wildman–Crippen LogP) is 0.275. The van der Waals surface area contributed by atoms with E-state index in [1.807, 2.05) is 0 Å². The van der Waals surface area contributed by atoms with Gasteiger partial charge in [-0.1, -0.05) is 0 Å². The van der Waals surface area contributed by atoms with E-state index in [4.69, 9.17) is 21.9 Å². The molecule has 0 bridgehead atoms. The summed E-state index contributed by atoms with van der Waals surface area (Å²) >= 11 is 3.01. The van der Waals surface area contributed by atoms with Crippen molar-refractivity contribution < 1.29 is 9.53 Å². The average molecular weight is 456 g/mol. The SMILES string of the molecule is CCOC(=O)NC(=NCCCc1cnc[nH]1)NCCSCC1=C(N)SC(=C(N)N)N1. The number of aliphatic imine (C=N–C) groups is 1. The molecule has 0 atom stereocenters. The molecule has 2 heterocycles. The lowest BCUT2D eigenvalue weighted by Gasteiger charge is -2.12. The number of thioether (sulfide) groups is 2. The van der Waals surface area contributed by atoms with Gasteiger partial charge < -0.3 is 37.6 Å². The molecule has 0 aliphatic carbocycles. The minimum absolute atomic E-state index is 0.225. The van der Waals surface area contributed by atoms with Crippen LogP contribution in [0.15, 0.2) is 39.1 Å². The highest BCUT2D eigenvalue weighted by Crippen LogP contribution is 2.30. The summed E-state index contributed by atoms with van der Waals surface area (Å²) in [4.78, 5) is 23.2. The number of alkyl carbamates (subject to hydrolysis) is 1. The minimum Gasteiger partial charge on any atom is -0.450 e. The van der Waals surface area contributed by atoms with Gasteiger partial charge in [0.1, 0.15) is 10.9 Å². The molecule has 1 amide bonds. The standard InChI is InChI=1S/C17H29N9O2S2/c1-2-28-17(27)26-16(22-5-3-4-11-8-21-10-24-11)23-6-7-29-9-12-14(20)30-15(25-12)13(18)19/h8,10,25H,2-7,9,18-20H2,1H3,(H,21,24)(H2,22,23,26,27). The number of aromatic amines is 1. The van der Waals surface area contributed by atoms with Crippen LogP contribution in [0.5, 0.6) is 0 Å². The predicted molar refractivity (Wildman–Crippen MR) is 122 cm³/mol. The van der Waals surface area contributed by atoms with Crippen molar-refractivity contribution in [3.8, 4) is 0 Å². The number of guanidine groups is 1. The lowest BCUT2D eigenvalue weighted by molar-refractivity contribution is 0.157. The highest BCUT2D eigenvalue weighted by atomic mass is 32.2. The monoisotopic (exact) mass is 455 g/mol. The number of H-pyrrole nitrogens is 1. The van der Waals surface area contributed by atoms with Gasteiger partial charge in [-0.3, -0.25) is 10.3 Å². The first-order valence-electron chi connectivity index (χ1n) is 9.45. The van der Waals surface area contributed by atoms with E-state index in [-0.39, 0.29) is 5.82 Å². The van der Waals surface area contributed by atoms with Crippen molar-refractivity contribution in [2.75, 3.05) is 31.2 Å². The van der Waals surface area contributed by atoms with Crippen LogP contribution < -0.4 is 33.2 Å². The summed E-state index contributed by atoms with van der Waals surface area (Å²) < 4.78 is 4.93. The number of nitrogens with zero attached hydrogens (tertiary/aromatic N) is 2. The van der Waals surface area contributed by atoms with Gasteiger partial charge in [0.05, 0.1) is 23.7 Å². The van der Waals surface area contributed by atoms with Crippen molar-refractivity contribution in [3.05, 3.63) is 39.8 Å². The van der Waals surface area contributed by atoms with Gasteiger partial charge in [-0.05, 0) is 31.5 Å². The molecule has 13 heteroatoms. The van der Waals surface area contributed by atoms with Crippen molar-refractivity contribution in [3.63, 3.8) is 0 Å². The molecule has 166 valence electrons. The van der Waals surface area contributed by atoms with E-state index in [1.54, 1.807) is 31.2 Å². The Morgan fingerprint density at radius 2 is 2.27 bits per heavy atom. The lowest BCUT2D eigenvalue weighted by atomic mass is 10.2. The minimum atomic E-state index is -0.534. The molecule has 1 aromatic rings. The molecular formula is C17H29N9O2S2. The van der Waals surface area contributed by atoms with Gasteiger partial charge in [-0.2, -0.15) is 11.8 Å². The highest BCUT2D eigenvalue weighted by molar-refractivity contribution is 8.07. The molecule has 10 N–H and O–H groups in total. The van der Waals surface area contributed by atoms with Gasteiger partial charge in [0.2, 0.25) is 5.96 Å². The van der Waals surface area contributed by atoms with Crippen molar-refractivity contribution in [1.82, 2.24) is 25.9 Å². The third kappa shape index (κ3) is 8.37. The first-order chi connectivity index (χ1) is 14.5. The maximum absolute atomic E-state index is 11.7. The zero-order valence-corrected chi connectivity index (χ0v) is 18.5. The maximum Gasteiger partial charge on any atom is 0.413 e. The third-order valence-electron chi connectivity index (χ3n) is 3.75. The lowest BCUT2D eigenvalue weighted by Crippen LogP contribution is -2.42. The molecule has 1 aliphatic heterocycles. The second-order valence-electron chi connectivity index (χ2n) is 6.09. The van der Waals surface area contributed by atoms with Crippen molar-refractivity contribution in [1.29, 1.82) is 0 Å². The van der Waals surface area contributed by atoms with Gasteiger partial charge in [0.25, 0.3) is 0 Å². The number of aryl methyl sites for hydroxylation is 1. The van der Waals surface area contributed by atoms with Crippen LogP contribution in [0.4, 0.5) is 4.79 Å². The Kier molecular flexibility index (Phi) is 10.1. The molecule has 0 saturated carbocycles. The molecule has 30 heavy (non-hydrogen) atoms. The number of nitrogens with one attached hydrogen (secondary N) is 4. The van der Waals surface area contributed by atoms with Gasteiger partial charge in [-0.25, -0.2) is 9.78 Å². The number of imidazole rings is 1. The van der Waals surface area contributed by atoms with E-state index >= 15 is 0 Å². The molecule has 0 fully saturated rings. The highest BCUT2D eigenvalue weighted by Gasteiger charge is 2.18. The number of hydrogen-bond donors (Lipinski definition) is 7. The summed E-state index contributed by atoms with van der Waals surface area (Å²) in [5, 5.41) is 10.2. The van der Waals surface area contributed by atoms with E-state index < -0.39 is 6.09 Å². The molecule has 2 rings (SSSR count). The number of nitrogens with two attached hydrogens (primary N) is 3. The van der Waals surface area contributed by atoms with Gasteiger partial charge in [-0.15, -0.1) is 0 Å². The Hall–Kier alpha value is -2.67. The smallest absolute Gasteiger partial charge is 0.413 e. The Balaban J connectivity index is 1.73. The zero-order valence-electron chi connectivity index (χ0n) is 16.9. The van der Waals surface area contributed by atoms with Gasteiger partial charge >= 0.3 is 6.09 Å². The van der Waals surface area contributed by atoms with Crippen LogP contribution in [0.3, 0.4) is 0 Å². The first kappa shape index (κ1) is 23.6. The van der Waals surface area contributed by atoms with Crippen molar-refractivity contribution >= 4 is 35.6 Å². The normalized spacial score (nSPS) is 13.9. The number of rotatable bonds is 10. The molecule has 1 aromatic heterocycles. The number of amides is 1. The molecule has 0 unspecified atom stereocenters. The quantitative estimate of drug-likeness (QED) is 0.147. The number of carbonyl (C=O) groups is 1. The zero-order chi connectivity index (χ0) is 21.8. The second-order valence-corrected chi connectivity index (χ2v) is 8.25. The van der Waals surface area contributed by atoms with Crippen LogP contribution in [0.25, 0.3) is 0 Å². The van der Waals surface area contributed by atoms with Crippen LogP contribution in [-0.4, -0.2) is 53.2 Å². The fourth-order valence-corrected chi connectivity index (χ4v) is 4.01. The molecule has 11 nitrogen and oxygen atoms in total. The van der Waals surface area contributed by atoms with E-state index in [0.29, 0.717) is 41.5 Å². The molecule has 0 radical (unpaired) electrons. The van der Waals surface area contributed by atoms with Crippen LogP contribution in [-0.2, 0) is 11.2 Å². The van der Waals surface area contributed by atoms with Crippen molar-refractivity contribution in [2.24, 2.45) is 22.2 Å². The number of ether oxygens (including phenoxy) is 1. The number of aromatic nitrogens is 2. The molecule has 0 aromatic carbocycles. The molecule has 1 aliphatic rings. The molecule has 0 spiro atoms. The Bertz CT molecular complexity index is 774. The van der Waals surface area contributed by atoms with E-state index in [0.717, 1.165) is 30.0 Å². The molecular weight excluding hydrogens is 426 g/mol. The summed E-state index contributed by atoms with van der Waals surface area (Å²) in [5.41, 5.74) is 19.1. The summed E-state index contributed by atoms with van der Waals surface area (Å²) in [6, 6.07) is 0. The van der Waals surface area contributed by atoms with Crippen LogP contribution in [0, 0.1) is 0 Å². The first-order valence-corrected chi connectivity index (χ1v) is 11.4. The molecule has 0 saturated heterocycles. The number of carbonyl (C=O) groups excluding carboxylic acids is 1. The van der Waals surface area contributed by atoms with Gasteiger partial charge in [0, 0.05) is 36.5 Å². The summed E-state index contributed by atoms with van der Waals surface area (Å²) in [5.74, 6) is 2.09. The topological polar surface area (TPSA) is 181 Å². The Morgan fingerprint density at radius 3 is 2.93 bits per heavy atom. The van der Waals surface area contributed by atoms with Crippen molar-refractivity contribution in [2.45, 2.75) is 19.8 Å². The fraction of sp³-hybridized carbons (Fsp3) is 0.471. The van der Waals surface area contributed by atoms with Crippen LogP contribution in [0.1, 0.15) is 19.0 Å². The fourth-order valence-electron chi connectivity index (χ4n) is 2.34. The Labute approximate surface area is 184 Å². The summed E-state index contributed by atoms with van der Waals surface area (Å²) in [7, 11) is 0. The number of hydrogen-bond acceptors (Lipinski definition) is 10. The third-order valence-corrected chi connectivity index (χ3v) is 5.74.